The van der Waals surface area contributed by atoms with Crippen molar-refractivity contribution in [3.8, 4) is 5.75 Å². The number of hydrogen-bond donors (Lipinski definition) is 2. The Morgan fingerprint density at radius 1 is 1.24 bits per heavy atom. The number of nitrogens with zero attached hydrogens (tertiary/aromatic N) is 2. The van der Waals surface area contributed by atoms with Crippen molar-refractivity contribution < 1.29 is 23.4 Å². The zero-order valence-corrected chi connectivity index (χ0v) is 21.8. The van der Waals surface area contributed by atoms with Crippen LogP contribution in [0.1, 0.15) is 42.2 Å². The highest BCUT2D eigenvalue weighted by Gasteiger charge is 2.27. The monoisotopic (exact) mass is 555 g/mol. The number of furan rings is 1. The maximum Gasteiger partial charge on any atom is 0.256 e. The molecule has 3 heterocycles. The molecule has 0 radical (unpaired) electrons. The first-order chi connectivity index (χ1) is 18.3. The van der Waals surface area contributed by atoms with Crippen molar-refractivity contribution in [1.82, 2.24) is 9.88 Å². The van der Waals surface area contributed by atoms with Crippen molar-refractivity contribution in [2.24, 2.45) is 0 Å². The second kappa shape index (κ2) is 10.6. The largest absolute Gasteiger partial charge is 0.478 e. The number of carbonyl (C=O) groups is 1. The van der Waals surface area contributed by atoms with Gasteiger partial charge in [0.25, 0.3) is 5.91 Å². The Morgan fingerprint density at radius 3 is 2.71 bits per heavy atom. The molecule has 1 aliphatic heterocycles. The summed E-state index contributed by atoms with van der Waals surface area (Å²) in [7, 11) is 0. The van der Waals surface area contributed by atoms with E-state index in [1.807, 2.05) is 12.1 Å². The van der Waals surface area contributed by atoms with E-state index in [-0.39, 0.29) is 33.1 Å². The number of nitrogen functional groups attached to an aromatic ring is 1. The lowest BCUT2D eigenvalue weighted by atomic mass is 9.98. The van der Waals surface area contributed by atoms with Crippen molar-refractivity contribution in [2.45, 2.75) is 25.6 Å². The van der Waals surface area contributed by atoms with Gasteiger partial charge in [-0.3, -0.25) is 4.79 Å². The number of hydrogen-bond acceptors (Lipinski definition) is 6. The number of rotatable bonds is 6. The quantitative estimate of drug-likeness (QED) is 0.269. The van der Waals surface area contributed by atoms with E-state index >= 15 is 0 Å². The van der Waals surface area contributed by atoms with Crippen LogP contribution in [-0.2, 0) is 4.79 Å². The Bertz CT molecular complexity index is 1540. The van der Waals surface area contributed by atoms with Crippen LogP contribution in [0.3, 0.4) is 0 Å². The molecule has 38 heavy (non-hydrogen) atoms. The second-order valence-corrected chi connectivity index (χ2v) is 9.74. The first-order valence-corrected chi connectivity index (χ1v) is 12.7. The van der Waals surface area contributed by atoms with E-state index in [0.29, 0.717) is 36.0 Å². The Balaban J connectivity index is 1.38. The number of ether oxygens (including phenoxy) is 1. The molecule has 1 aliphatic rings. The summed E-state index contributed by atoms with van der Waals surface area (Å²) in [4.78, 5) is 18.7. The van der Waals surface area contributed by atoms with E-state index in [1.54, 1.807) is 48.5 Å². The van der Waals surface area contributed by atoms with Crippen LogP contribution in [0.25, 0.3) is 16.5 Å². The summed E-state index contributed by atoms with van der Waals surface area (Å²) in [5.41, 5.74) is 9.09. The SMILES string of the molecule is CC(Oc1c(N)ncc2c(C3=CCN(C(=O)C(O)c4ccccc4)CC3)coc12)c1c(Cl)ccc(F)c1Cl. The summed E-state index contributed by atoms with van der Waals surface area (Å²) in [6.07, 6.45) is 3.70. The van der Waals surface area contributed by atoms with E-state index in [2.05, 4.69) is 4.98 Å². The van der Waals surface area contributed by atoms with Gasteiger partial charge in [0.15, 0.2) is 17.5 Å². The Kier molecular flexibility index (Phi) is 7.29. The molecule has 0 bridgehead atoms. The van der Waals surface area contributed by atoms with E-state index in [0.717, 1.165) is 11.1 Å². The summed E-state index contributed by atoms with van der Waals surface area (Å²) in [6.45, 7) is 2.44. The van der Waals surface area contributed by atoms with Gasteiger partial charge in [-0.15, -0.1) is 0 Å². The van der Waals surface area contributed by atoms with Crippen LogP contribution in [0.5, 0.6) is 5.75 Å². The minimum atomic E-state index is -1.21. The molecule has 196 valence electrons. The number of aromatic nitrogens is 1. The molecule has 0 saturated carbocycles. The first-order valence-electron chi connectivity index (χ1n) is 11.9. The number of halogens is 3. The van der Waals surface area contributed by atoms with Crippen LogP contribution in [0.15, 0.2) is 65.4 Å². The molecule has 2 aromatic carbocycles. The maximum absolute atomic E-state index is 14.1. The standard InChI is InChI=1S/C28H24Cl2FN3O4/c1-15(22-20(29)7-8-21(31)23(22)30)38-26-25-18(13-33-27(26)32)19(14-37-25)16-9-11-34(12-10-16)28(36)24(35)17-5-3-2-4-6-17/h2-9,13-15,24,35H,10-12H2,1H3,(H2,32,33). The predicted octanol–water partition coefficient (Wildman–Crippen LogP) is 6.35. The van der Waals surface area contributed by atoms with Crippen LogP contribution >= 0.6 is 23.2 Å². The molecule has 7 nitrogen and oxygen atoms in total. The molecule has 2 atom stereocenters. The molecule has 10 heteroatoms. The number of anilines is 1. The number of fused-ring (bicyclic) bond motifs is 1. The van der Waals surface area contributed by atoms with Crippen molar-refractivity contribution in [2.75, 3.05) is 18.8 Å². The molecule has 0 saturated heterocycles. The van der Waals surface area contributed by atoms with Gasteiger partial charge < -0.3 is 24.9 Å². The number of amides is 1. The number of pyridine rings is 1. The predicted molar refractivity (Wildman–Crippen MR) is 144 cm³/mol. The van der Waals surface area contributed by atoms with E-state index in [9.17, 15) is 14.3 Å². The minimum Gasteiger partial charge on any atom is -0.478 e. The van der Waals surface area contributed by atoms with Gasteiger partial charge in [-0.25, -0.2) is 9.37 Å². The normalized spacial score (nSPS) is 15.3. The van der Waals surface area contributed by atoms with Crippen LogP contribution in [0, 0.1) is 5.82 Å². The van der Waals surface area contributed by atoms with Crippen molar-refractivity contribution in [3.05, 3.63) is 93.6 Å². The first kappa shape index (κ1) is 26.0. The molecule has 0 spiro atoms. The highest BCUT2D eigenvalue weighted by Crippen LogP contribution is 2.41. The fourth-order valence-electron chi connectivity index (χ4n) is 4.56. The van der Waals surface area contributed by atoms with Crippen molar-refractivity contribution in [3.63, 3.8) is 0 Å². The highest BCUT2D eigenvalue weighted by atomic mass is 35.5. The topological polar surface area (TPSA) is 102 Å². The fraction of sp³-hybridized carbons (Fsp3) is 0.214. The molecule has 5 rings (SSSR count). The fourth-order valence-corrected chi connectivity index (χ4v) is 5.24. The zero-order valence-electron chi connectivity index (χ0n) is 20.3. The summed E-state index contributed by atoms with van der Waals surface area (Å²) in [5.74, 6) is -0.675. The van der Waals surface area contributed by atoms with Crippen LogP contribution < -0.4 is 10.5 Å². The van der Waals surface area contributed by atoms with Gasteiger partial charge >= 0.3 is 0 Å². The summed E-state index contributed by atoms with van der Waals surface area (Å²) >= 11 is 12.4. The third-order valence-corrected chi connectivity index (χ3v) is 7.31. The minimum absolute atomic E-state index is 0.0955. The number of aliphatic hydroxyl groups is 1. The van der Waals surface area contributed by atoms with Crippen LogP contribution in [0.4, 0.5) is 10.2 Å². The average Bonchev–Trinajstić information content (AvgIpc) is 3.37. The van der Waals surface area contributed by atoms with E-state index in [1.165, 1.54) is 12.1 Å². The number of benzene rings is 2. The molecule has 0 aliphatic carbocycles. The summed E-state index contributed by atoms with van der Waals surface area (Å²) < 4.78 is 26.0. The highest BCUT2D eigenvalue weighted by molar-refractivity contribution is 6.36. The van der Waals surface area contributed by atoms with Gasteiger partial charge in [0.1, 0.15) is 11.9 Å². The van der Waals surface area contributed by atoms with Crippen LogP contribution in [-0.4, -0.2) is 34.0 Å². The lowest BCUT2D eigenvalue weighted by Gasteiger charge is -2.28. The smallest absolute Gasteiger partial charge is 0.256 e. The van der Waals surface area contributed by atoms with Gasteiger partial charge in [-0.05, 0) is 36.6 Å². The molecule has 4 aromatic rings. The summed E-state index contributed by atoms with van der Waals surface area (Å²) in [6, 6.07) is 11.4. The maximum atomic E-state index is 14.1. The van der Waals surface area contributed by atoms with Crippen molar-refractivity contribution in [1.29, 1.82) is 0 Å². The van der Waals surface area contributed by atoms with E-state index in [4.69, 9.17) is 38.1 Å². The summed E-state index contributed by atoms with van der Waals surface area (Å²) in [5, 5.41) is 11.3. The van der Waals surface area contributed by atoms with Gasteiger partial charge in [0.05, 0.1) is 16.7 Å². The molecular formula is C28H24Cl2FN3O4. The molecule has 0 fully saturated rings. The van der Waals surface area contributed by atoms with Gasteiger partial charge in [0, 0.05) is 35.4 Å². The Labute approximate surface area is 228 Å². The third-order valence-electron chi connectivity index (χ3n) is 6.60. The second-order valence-electron chi connectivity index (χ2n) is 8.96. The molecular weight excluding hydrogens is 532 g/mol. The number of carbonyl (C=O) groups excluding carboxylic acids is 1. The van der Waals surface area contributed by atoms with Gasteiger partial charge in [0.2, 0.25) is 5.75 Å². The number of nitrogens with two attached hydrogens (primary N) is 1. The number of aliphatic hydroxyl groups excluding tert-OH is 1. The molecule has 2 aromatic heterocycles. The average molecular weight is 556 g/mol. The van der Waals surface area contributed by atoms with Crippen LogP contribution in [0.2, 0.25) is 10.0 Å². The van der Waals surface area contributed by atoms with Crippen molar-refractivity contribution >= 4 is 51.5 Å². The molecule has 1 amide bonds. The van der Waals surface area contributed by atoms with Gasteiger partial charge in [-0.1, -0.05) is 59.6 Å². The lowest BCUT2D eigenvalue weighted by Crippen LogP contribution is -2.38. The third kappa shape index (κ3) is 4.82. The lowest BCUT2D eigenvalue weighted by molar-refractivity contribution is -0.140. The van der Waals surface area contributed by atoms with Gasteiger partial charge in [-0.2, -0.15) is 0 Å². The molecule has 2 unspecified atom stereocenters. The zero-order chi connectivity index (χ0) is 27.0. The molecule has 3 N–H and O–H groups in total. The Hall–Kier alpha value is -3.59. The van der Waals surface area contributed by atoms with E-state index < -0.39 is 18.0 Å². The Morgan fingerprint density at radius 2 is 2.00 bits per heavy atom.